The van der Waals surface area contributed by atoms with Crippen molar-refractivity contribution in [1.29, 1.82) is 0 Å². The van der Waals surface area contributed by atoms with Gasteiger partial charge in [-0.15, -0.1) is 0 Å². The second-order valence-corrected chi connectivity index (χ2v) is 6.39. The minimum absolute atomic E-state index is 0.0363. The molecule has 7 heteroatoms. The van der Waals surface area contributed by atoms with Crippen molar-refractivity contribution >= 4 is 28.4 Å². The van der Waals surface area contributed by atoms with Crippen molar-refractivity contribution in [2.45, 2.75) is 27.2 Å². The van der Waals surface area contributed by atoms with Crippen molar-refractivity contribution < 1.29 is 9.59 Å². The summed E-state index contributed by atoms with van der Waals surface area (Å²) in [5.41, 5.74) is 2.84. The summed E-state index contributed by atoms with van der Waals surface area (Å²) in [6, 6.07) is 5.13. The van der Waals surface area contributed by atoms with E-state index in [0.29, 0.717) is 34.6 Å². The number of hydrogen-bond acceptors (Lipinski definition) is 5. The quantitative estimate of drug-likeness (QED) is 0.719. The van der Waals surface area contributed by atoms with Gasteiger partial charge < -0.3 is 9.88 Å². The summed E-state index contributed by atoms with van der Waals surface area (Å²) in [4.78, 5) is 44.4. The number of fused-ring (bicyclic) bond motifs is 1. The summed E-state index contributed by atoms with van der Waals surface area (Å²) in [6.45, 7) is 5.04. The van der Waals surface area contributed by atoms with Gasteiger partial charge in [0.25, 0.3) is 5.56 Å². The fourth-order valence-corrected chi connectivity index (χ4v) is 2.98. The first-order valence-electron chi connectivity index (χ1n) is 8.59. The second kappa shape index (κ2) is 7.11. The molecule has 138 valence electrons. The van der Waals surface area contributed by atoms with Crippen LogP contribution in [-0.2, 0) is 11.8 Å². The van der Waals surface area contributed by atoms with Crippen LogP contribution in [0.2, 0.25) is 0 Å². The van der Waals surface area contributed by atoms with E-state index in [0.717, 1.165) is 10.9 Å². The maximum atomic E-state index is 12.9. The third-order valence-corrected chi connectivity index (χ3v) is 4.42. The summed E-state index contributed by atoms with van der Waals surface area (Å²) in [5.74, 6) is 0.121. The molecule has 0 saturated heterocycles. The van der Waals surface area contributed by atoms with Crippen LogP contribution < -0.4 is 10.9 Å². The molecule has 0 saturated carbocycles. The molecule has 1 amide bonds. The van der Waals surface area contributed by atoms with Gasteiger partial charge in [-0.1, -0.05) is 6.92 Å². The zero-order chi connectivity index (χ0) is 19.7. The molecule has 3 aromatic heterocycles. The van der Waals surface area contributed by atoms with E-state index in [9.17, 15) is 14.4 Å². The van der Waals surface area contributed by atoms with Crippen LogP contribution in [0.5, 0.6) is 0 Å². The molecule has 0 fully saturated rings. The van der Waals surface area contributed by atoms with Crippen LogP contribution in [0.15, 0.2) is 35.4 Å². The second-order valence-electron chi connectivity index (χ2n) is 6.39. The van der Waals surface area contributed by atoms with Crippen molar-refractivity contribution in [3.8, 4) is 11.1 Å². The van der Waals surface area contributed by atoms with Crippen LogP contribution in [0.3, 0.4) is 0 Å². The maximum absolute atomic E-state index is 12.9. The normalized spacial score (nSPS) is 10.8. The van der Waals surface area contributed by atoms with Crippen molar-refractivity contribution in [1.82, 2.24) is 14.5 Å². The van der Waals surface area contributed by atoms with Gasteiger partial charge in [0.15, 0.2) is 5.78 Å². The van der Waals surface area contributed by atoms with Crippen LogP contribution in [0.25, 0.3) is 22.0 Å². The number of anilines is 1. The van der Waals surface area contributed by atoms with E-state index in [2.05, 4.69) is 15.3 Å². The van der Waals surface area contributed by atoms with Crippen molar-refractivity contribution in [3.05, 3.63) is 52.2 Å². The number of carbonyl (C=O) groups is 2. The smallest absolute Gasteiger partial charge is 0.258 e. The lowest BCUT2D eigenvalue weighted by molar-refractivity contribution is -0.114. The summed E-state index contributed by atoms with van der Waals surface area (Å²) in [5, 5.41) is 3.37. The van der Waals surface area contributed by atoms with Gasteiger partial charge in [-0.05, 0) is 24.6 Å². The Kier molecular flexibility index (Phi) is 4.85. The lowest BCUT2D eigenvalue weighted by Crippen LogP contribution is -2.20. The molecule has 3 rings (SSSR count). The number of Topliss-reactive ketones (excluding diaryl/α,β-unsaturated/α-hetero) is 1. The molecule has 3 heterocycles. The third-order valence-electron chi connectivity index (χ3n) is 4.42. The van der Waals surface area contributed by atoms with E-state index in [1.165, 1.54) is 11.5 Å². The Morgan fingerprint density at radius 2 is 1.85 bits per heavy atom. The number of aryl methyl sites for hydroxylation is 2. The Balaban J connectivity index is 2.16. The first-order valence-corrected chi connectivity index (χ1v) is 8.59. The first kappa shape index (κ1) is 18.4. The molecule has 0 spiro atoms. The number of aromatic nitrogens is 3. The van der Waals surface area contributed by atoms with Crippen LogP contribution in [0, 0.1) is 6.92 Å². The molecule has 0 atom stereocenters. The van der Waals surface area contributed by atoms with Gasteiger partial charge >= 0.3 is 0 Å². The number of nitrogens with zero attached hydrogens (tertiary/aromatic N) is 3. The number of ketones is 1. The molecule has 27 heavy (non-hydrogen) atoms. The molecular weight excluding hydrogens is 344 g/mol. The number of nitrogens with one attached hydrogen (secondary N) is 1. The van der Waals surface area contributed by atoms with E-state index in [4.69, 9.17) is 0 Å². The zero-order valence-electron chi connectivity index (χ0n) is 15.7. The lowest BCUT2D eigenvalue weighted by atomic mass is 10.0. The SMILES string of the molecule is CCC(=O)c1cc(C)c(-c2cc3cnc(NC(C)=O)cc3n(C)c2=O)cn1. The lowest BCUT2D eigenvalue weighted by Gasteiger charge is -2.12. The molecule has 0 aromatic carbocycles. The first-order chi connectivity index (χ1) is 12.8. The van der Waals surface area contributed by atoms with Gasteiger partial charge in [0.1, 0.15) is 11.5 Å². The number of rotatable bonds is 4. The molecule has 0 radical (unpaired) electrons. The highest BCUT2D eigenvalue weighted by molar-refractivity contribution is 5.95. The minimum atomic E-state index is -0.230. The highest BCUT2D eigenvalue weighted by atomic mass is 16.1. The van der Waals surface area contributed by atoms with E-state index >= 15 is 0 Å². The summed E-state index contributed by atoms with van der Waals surface area (Å²) < 4.78 is 1.52. The Morgan fingerprint density at radius 3 is 2.48 bits per heavy atom. The fourth-order valence-electron chi connectivity index (χ4n) is 2.98. The standard InChI is InChI=1S/C20H20N4O3/c1-5-18(26)16-6-11(2)15(10-21-16)14-7-13-9-22-19(23-12(3)25)8-17(13)24(4)20(14)27/h6-10H,5H2,1-4H3,(H,22,23,25). The molecule has 0 bridgehead atoms. The Hall–Kier alpha value is -3.35. The van der Waals surface area contributed by atoms with E-state index in [1.807, 2.05) is 6.92 Å². The number of hydrogen-bond donors (Lipinski definition) is 1. The van der Waals surface area contributed by atoms with Gasteiger partial charge in [0.05, 0.1) is 5.52 Å². The molecule has 0 aliphatic carbocycles. The highest BCUT2D eigenvalue weighted by Gasteiger charge is 2.14. The Labute approximate surface area is 156 Å². The van der Waals surface area contributed by atoms with Gasteiger partial charge in [-0.3, -0.25) is 19.4 Å². The fraction of sp³-hybridized carbons (Fsp3) is 0.250. The van der Waals surface area contributed by atoms with Crippen molar-refractivity contribution in [3.63, 3.8) is 0 Å². The monoisotopic (exact) mass is 364 g/mol. The zero-order valence-corrected chi connectivity index (χ0v) is 15.7. The average molecular weight is 364 g/mol. The predicted octanol–water partition coefficient (Wildman–Crippen LogP) is 2.86. The van der Waals surface area contributed by atoms with Gasteiger partial charge in [0, 0.05) is 55.4 Å². The molecule has 0 aliphatic heterocycles. The predicted molar refractivity (Wildman–Crippen MR) is 104 cm³/mol. The highest BCUT2D eigenvalue weighted by Crippen LogP contribution is 2.24. The summed E-state index contributed by atoms with van der Waals surface area (Å²) >= 11 is 0. The van der Waals surface area contributed by atoms with Crippen LogP contribution in [0.4, 0.5) is 5.82 Å². The molecule has 0 unspecified atom stereocenters. The summed E-state index contributed by atoms with van der Waals surface area (Å²) in [7, 11) is 1.67. The Morgan fingerprint density at radius 1 is 1.11 bits per heavy atom. The van der Waals surface area contributed by atoms with E-state index < -0.39 is 0 Å². The van der Waals surface area contributed by atoms with Crippen molar-refractivity contribution in [2.24, 2.45) is 7.05 Å². The van der Waals surface area contributed by atoms with Gasteiger partial charge in [-0.2, -0.15) is 0 Å². The topological polar surface area (TPSA) is 94.0 Å². The summed E-state index contributed by atoms with van der Waals surface area (Å²) in [6.07, 6.45) is 3.56. The largest absolute Gasteiger partial charge is 0.311 e. The maximum Gasteiger partial charge on any atom is 0.258 e. The van der Waals surface area contributed by atoms with Crippen LogP contribution in [0.1, 0.15) is 36.3 Å². The van der Waals surface area contributed by atoms with E-state index in [1.54, 1.807) is 44.6 Å². The van der Waals surface area contributed by atoms with Gasteiger partial charge in [0.2, 0.25) is 5.91 Å². The Bertz CT molecular complexity index is 1130. The van der Waals surface area contributed by atoms with E-state index in [-0.39, 0.29) is 17.2 Å². The minimum Gasteiger partial charge on any atom is -0.311 e. The van der Waals surface area contributed by atoms with Crippen LogP contribution >= 0.6 is 0 Å². The third kappa shape index (κ3) is 3.48. The molecular formula is C20H20N4O3. The van der Waals surface area contributed by atoms with Crippen LogP contribution in [-0.4, -0.2) is 26.2 Å². The number of pyridine rings is 3. The van der Waals surface area contributed by atoms with Gasteiger partial charge in [-0.25, -0.2) is 4.98 Å². The molecule has 3 aromatic rings. The number of carbonyl (C=O) groups excluding carboxylic acids is 2. The molecule has 7 nitrogen and oxygen atoms in total. The van der Waals surface area contributed by atoms with Crippen molar-refractivity contribution in [2.75, 3.05) is 5.32 Å². The molecule has 0 aliphatic rings. The molecule has 1 N–H and O–H groups in total. The average Bonchev–Trinajstić information content (AvgIpc) is 2.64. The number of amides is 1.